The van der Waals surface area contributed by atoms with Gasteiger partial charge in [0, 0.05) is 10.6 Å². The van der Waals surface area contributed by atoms with Crippen LogP contribution in [0.4, 0.5) is 10.3 Å². The molecule has 2 N–H and O–H groups in total. The fraction of sp³-hybridized carbons (Fsp3) is 0.0625. The van der Waals surface area contributed by atoms with Crippen LogP contribution < -0.4 is 5.73 Å². The molecule has 0 spiro atoms. The minimum atomic E-state index is -0.291. The Kier molecular flexibility index (Phi) is 3.39. The largest absolute Gasteiger partial charge is 0.367 e. The van der Waals surface area contributed by atoms with E-state index in [1.54, 1.807) is 18.2 Å². The van der Waals surface area contributed by atoms with E-state index in [1.807, 2.05) is 19.1 Å². The summed E-state index contributed by atoms with van der Waals surface area (Å²) in [7, 11) is 0. The molecule has 2 aromatic carbocycles. The normalized spacial score (nSPS) is 10.8. The van der Waals surface area contributed by atoms with Gasteiger partial charge in [-0.2, -0.15) is 0 Å². The average Bonchev–Trinajstić information content (AvgIpc) is 2.82. The zero-order chi connectivity index (χ0) is 15.0. The lowest BCUT2D eigenvalue weighted by molar-refractivity contribution is 0.439. The highest BCUT2D eigenvalue weighted by atomic mass is 35.5. The first-order valence-electron chi connectivity index (χ1n) is 6.34. The summed E-state index contributed by atoms with van der Waals surface area (Å²) in [6.07, 6.45) is 0. The van der Waals surface area contributed by atoms with Crippen molar-refractivity contribution < 1.29 is 8.91 Å². The van der Waals surface area contributed by atoms with Crippen LogP contribution in [-0.2, 0) is 0 Å². The van der Waals surface area contributed by atoms with E-state index in [1.165, 1.54) is 12.1 Å². The summed E-state index contributed by atoms with van der Waals surface area (Å²) < 4.78 is 18.4. The SMILES string of the molecule is Cc1cc(F)ccc1-c1noc(N)c1-c1ccc(Cl)cc1. The Bertz CT molecular complexity index is 797. The fourth-order valence-corrected chi connectivity index (χ4v) is 2.40. The van der Waals surface area contributed by atoms with Crippen molar-refractivity contribution in [2.24, 2.45) is 0 Å². The second kappa shape index (κ2) is 5.22. The Hall–Kier alpha value is -2.33. The number of anilines is 1. The van der Waals surface area contributed by atoms with Gasteiger partial charge in [0.15, 0.2) is 0 Å². The van der Waals surface area contributed by atoms with Crippen molar-refractivity contribution in [1.82, 2.24) is 5.16 Å². The number of nitrogens with zero attached hydrogens (tertiary/aromatic N) is 1. The lowest BCUT2D eigenvalue weighted by Gasteiger charge is -2.06. The van der Waals surface area contributed by atoms with Crippen LogP contribution in [-0.4, -0.2) is 5.16 Å². The molecule has 0 unspecified atom stereocenters. The molecular formula is C16H12ClFN2O. The average molecular weight is 303 g/mol. The summed E-state index contributed by atoms with van der Waals surface area (Å²) in [5, 5.41) is 4.65. The van der Waals surface area contributed by atoms with Gasteiger partial charge < -0.3 is 10.3 Å². The van der Waals surface area contributed by atoms with Gasteiger partial charge in [-0.25, -0.2) is 4.39 Å². The standard InChI is InChI=1S/C16H12ClFN2O/c1-9-8-12(18)6-7-13(9)15-14(16(19)21-20-15)10-2-4-11(17)5-3-10/h2-8H,19H2,1H3. The van der Waals surface area contributed by atoms with E-state index in [-0.39, 0.29) is 11.7 Å². The van der Waals surface area contributed by atoms with Crippen LogP contribution in [0.3, 0.4) is 0 Å². The number of rotatable bonds is 2. The van der Waals surface area contributed by atoms with E-state index in [0.29, 0.717) is 16.3 Å². The molecule has 3 nitrogen and oxygen atoms in total. The molecule has 0 saturated heterocycles. The van der Waals surface area contributed by atoms with Gasteiger partial charge in [-0.15, -0.1) is 0 Å². The molecular weight excluding hydrogens is 291 g/mol. The number of aryl methyl sites for hydroxylation is 1. The van der Waals surface area contributed by atoms with Crippen molar-refractivity contribution in [3.63, 3.8) is 0 Å². The highest BCUT2D eigenvalue weighted by Gasteiger charge is 2.18. The van der Waals surface area contributed by atoms with Crippen molar-refractivity contribution in [2.75, 3.05) is 5.73 Å². The number of aromatic nitrogens is 1. The van der Waals surface area contributed by atoms with Crippen LogP contribution in [0.2, 0.25) is 5.02 Å². The predicted molar refractivity (Wildman–Crippen MR) is 81.5 cm³/mol. The van der Waals surface area contributed by atoms with Gasteiger partial charge in [0.05, 0.1) is 5.56 Å². The highest BCUT2D eigenvalue weighted by Crippen LogP contribution is 2.37. The summed E-state index contributed by atoms with van der Waals surface area (Å²) in [4.78, 5) is 0. The first-order valence-corrected chi connectivity index (χ1v) is 6.71. The molecule has 0 saturated carbocycles. The fourth-order valence-electron chi connectivity index (χ4n) is 2.27. The van der Waals surface area contributed by atoms with Crippen molar-refractivity contribution in [1.29, 1.82) is 0 Å². The quantitative estimate of drug-likeness (QED) is 0.747. The van der Waals surface area contributed by atoms with Crippen LogP contribution >= 0.6 is 11.6 Å². The summed E-state index contributed by atoms with van der Waals surface area (Å²) in [6, 6.07) is 11.7. The molecule has 21 heavy (non-hydrogen) atoms. The molecule has 106 valence electrons. The van der Waals surface area contributed by atoms with Crippen LogP contribution in [0.1, 0.15) is 5.56 Å². The van der Waals surface area contributed by atoms with Crippen molar-refractivity contribution in [3.05, 3.63) is 58.9 Å². The van der Waals surface area contributed by atoms with Gasteiger partial charge >= 0.3 is 0 Å². The third-order valence-electron chi connectivity index (χ3n) is 3.29. The molecule has 0 fully saturated rings. The maximum atomic E-state index is 13.3. The van der Waals surface area contributed by atoms with Crippen LogP contribution in [0.25, 0.3) is 22.4 Å². The van der Waals surface area contributed by atoms with Gasteiger partial charge in [0.25, 0.3) is 0 Å². The van der Waals surface area contributed by atoms with Crippen LogP contribution in [0.15, 0.2) is 47.0 Å². The Morgan fingerprint density at radius 3 is 2.52 bits per heavy atom. The molecule has 3 aromatic rings. The smallest absolute Gasteiger partial charge is 0.230 e. The molecule has 5 heteroatoms. The number of nitrogens with two attached hydrogens (primary N) is 1. The number of benzene rings is 2. The Morgan fingerprint density at radius 1 is 1.14 bits per heavy atom. The zero-order valence-corrected chi connectivity index (χ0v) is 12.0. The Morgan fingerprint density at radius 2 is 1.86 bits per heavy atom. The van der Waals surface area contributed by atoms with E-state index >= 15 is 0 Å². The number of halogens is 2. The van der Waals surface area contributed by atoms with E-state index in [2.05, 4.69) is 5.16 Å². The lowest BCUT2D eigenvalue weighted by atomic mass is 9.98. The molecule has 0 amide bonds. The minimum absolute atomic E-state index is 0.219. The molecule has 0 aliphatic rings. The second-order valence-electron chi connectivity index (χ2n) is 4.74. The topological polar surface area (TPSA) is 52.0 Å². The molecule has 0 aliphatic heterocycles. The first kappa shape index (κ1) is 13.6. The highest BCUT2D eigenvalue weighted by molar-refractivity contribution is 6.30. The van der Waals surface area contributed by atoms with Crippen molar-refractivity contribution in [2.45, 2.75) is 6.92 Å². The van der Waals surface area contributed by atoms with E-state index in [9.17, 15) is 4.39 Å². The summed E-state index contributed by atoms with van der Waals surface area (Å²) >= 11 is 5.90. The lowest BCUT2D eigenvalue weighted by Crippen LogP contribution is -1.90. The molecule has 1 heterocycles. The van der Waals surface area contributed by atoms with Gasteiger partial charge in [-0.1, -0.05) is 28.9 Å². The molecule has 0 radical (unpaired) electrons. The summed E-state index contributed by atoms with van der Waals surface area (Å²) in [5.41, 5.74) is 9.55. The number of hydrogen-bond acceptors (Lipinski definition) is 3. The third-order valence-corrected chi connectivity index (χ3v) is 3.55. The van der Waals surface area contributed by atoms with E-state index in [4.69, 9.17) is 21.9 Å². The van der Waals surface area contributed by atoms with Crippen molar-refractivity contribution in [3.8, 4) is 22.4 Å². The van der Waals surface area contributed by atoms with Crippen molar-refractivity contribution >= 4 is 17.5 Å². The Labute approximate surface area is 126 Å². The Balaban J connectivity index is 2.19. The second-order valence-corrected chi connectivity index (χ2v) is 5.17. The molecule has 1 aromatic heterocycles. The van der Waals surface area contributed by atoms with Gasteiger partial charge in [0.1, 0.15) is 11.5 Å². The maximum Gasteiger partial charge on any atom is 0.230 e. The molecule has 0 bridgehead atoms. The van der Waals surface area contributed by atoms with Crippen LogP contribution in [0, 0.1) is 12.7 Å². The molecule has 3 rings (SSSR count). The number of hydrogen-bond donors (Lipinski definition) is 1. The van der Waals surface area contributed by atoms with Gasteiger partial charge in [-0.05, 0) is 48.4 Å². The van der Waals surface area contributed by atoms with Crippen LogP contribution in [0.5, 0.6) is 0 Å². The van der Waals surface area contributed by atoms with Gasteiger partial charge in [-0.3, -0.25) is 0 Å². The molecule has 0 atom stereocenters. The van der Waals surface area contributed by atoms with E-state index < -0.39 is 0 Å². The minimum Gasteiger partial charge on any atom is -0.367 e. The summed E-state index contributed by atoms with van der Waals surface area (Å²) in [6.45, 7) is 1.81. The first-order chi connectivity index (χ1) is 10.1. The van der Waals surface area contributed by atoms with E-state index in [0.717, 1.165) is 16.7 Å². The monoisotopic (exact) mass is 302 g/mol. The summed E-state index contributed by atoms with van der Waals surface area (Å²) in [5.74, 6) is -0.0724. The maximum absolute atomic E-state index is 13.3. The number of nitrogen functional groups attached to an aromatic ring is 1. The zero-order valence-electron chi connectivity index (χ0n) is 11.2. The third kappa shape index (κ3) is 2.50. The van der Waals surface area contributed by atoms with Gasteiger partial charge in [0.2, 0.25) is 5.88 Å². The molecule has 0 aliphatic carbocycles. The predicted octanol–water partition coefficient (Wildman–Crippen LogP) is 4.69.